The van der Waals surface area contributed by atoms with E-state index in [0.717, 1.165) is 4.88 Å². The number of nitrogens with two attached hydrogens (primary N) is 1. The maximum Gasteiger partial charge on any atom is 0.129 e. The minimum Gasteiger partial charge on any atom is -0.462 e. The summed E-state index contributed by atoms with van der Waals surface area (Å²) in [5.74, 6) is 1.24. The van der Waals surface area contributed by atoms with Gasteiger partial charge in [-0.25, -0.2) is 0 Å². The largest absolute Gasteiger partial charge is 0.462 e. The minimum absolute atomic E-state index is 0.0862. The van der Waals surface area contributed by atoms with E-state index >= 15 is 0 Å². The number of furan rings is 1. The molecule has 0 radical (unpaired) electrons. The Morgan fingerprint density at radius 2 is 2.29 bits per heavy atom. The first-order valence-corrected chi connectivity index (χ1v) is 5.17. The van der Waals surface area contributed by atoms with E-state index in [4.69, 9.17) is 15.3 Å². The molecule has 2 aromatic heterocycles. The molecule has 2 aromatic rings. The fourth-order valence-electron chi connectivity index (χ4n) is 1.26. The first-order valence-electron chi connectivity index (χ1n) is 4.29. The lowest BCUT2D eigenvalue weighted by molar-refractivity contribution is 0.242. The van der Waals surface area contributed by atoms with Crippen LogP contribution < -0.4 is 5.73 Å². The van der Waals surface area contributed by atoms with Crippen LogP contribution in [0.25, 0.3) is 0 Å². The van der Waals surface area contributed by atoms with Crippen LogP contribution in [0.4, 0.5) is 0 Å². The summed E-state index contributed by atoms with van der Waals surface area (Å²) in [5.41, 5.74) is 5.96. The third-order valence-electron chi connectivity index (χ3n) is 1.99. The highest BCUT2D eigenvalue weighted by Gasteiger charge is 2.13. The van der Waals surface area contributed by atoms with E-state index in [-0.39, 0.29) is 12.6 Å². The van der Waals surface area contributed by atoms with Crippen molar-refractivity contribution in [3.63, 3.8) is 0 Å². The van der Waals surface area contributed by atoms with Crippen LogP contribution in [0.2, 0.25) is 0 Å². The molecule has 2 rings (SSSR count). The van der Waals surface area contributed by atoms with Crippen molar-refractivity contribution in [3.05, 3.63) is 46.0 Å². The van der Waals surface area contributed by atoms with E-state index < -0.39 is 0 Å². The van der Waals surface area contributed by atoms with Crippen LogP contribution >= 0.6 is 11.3 Å². The Morgan fingerprint density at radius 3 is 2.86 bits per heavy atom. The van der Waals surface area contributed by atoms with Crippen molar-refractivity contribution < 1.29 is 9.52 Å². The molecular weight excluding hydrogens is 198 g/mol. The van der Waals surface area contributed by atoms with Gasteiger partial charge in [0.1, 0.15) is 18.1 Å². The van der Waals surface area contributed by atoms with Crippen molar-refractivity contribution in [2.24, 2.45) is 5.73 Å². The summed E-state index contributed by atoms with van der Waals surface area (Å²) in [7, 11) is 0. The molecule has 3 nitrogen and oxygen atoms in total. The minimum atomic E-state index is -0.227. The Labute approximate surface area is 85.8 Å². The van der Waals surface area contributed by atoms with Crippen molar-refractivity contribution in [1.82, 2.24) is 0 Å². The molecule has 1 atom stereocenters. The molecule has 74 valence electrons. The van der Waals surface area contributed by atoms with Gasteiger partial charge in [0.2, 0.25) is 0 Å². The normalized spacial score (nSPS) is 13.0. The SMILES string of the molecule is N[C@@H](c1ccc(CO)o1)c1cccs1. The van der Waals surface area contributed by atoms with Gasteiger partial charge in [0.05, 0.1) is 6.04 Å². The summed E-state index contributed by atoms with van der Waals surface area (Å²) in [6.45, 7) is -0.0862. The second-order valence-electron chi connectivity index (χ2n) is 2.96. The highest BCUT2D eigenvalue weighted by Crippen LogP contribution is 2.25. The Hall–Kier alpha value is -1.10. The standard InChI is InChI=1S/C10H11NO2S/c11-10(9-2-1-5-14-9)8-4-3-7(6-12)13-8/h1-5,10,12H,6,11H2/t10-/m0/s1. The molecular formula is C10H11NO2S. The maximum atomic E-state index is 8.83. The molecule has 4 heteroatoms. The van der Waals surface area contributed by atoms with Gasteiger partial charge < -0.3 is 15.3 Å². The average molecular weight is 209 g/mol. The smallest absolute Gasteiger partial charge is 0.129 e. The number of rotatable bonds is 3. The summed E-state index contributed by atoms with van der Waals surface area (Å²) in [4.78, 5) is 1.06. The van der Waals surface area contributed by atoms with Crippen LogP contribution in [0.5, 0.6) is 0 Å². The zero-order valence-corrected chi connectivity index (χ0v) is 8.33. The molecule has 0 spiro atoms. The summed E-state index contributed by atoms with van der Waals surface area (Å²) in [6.07, 6.45) is 0. The zero-order valence-electron chi connectivity index (χ0n) is 7.51. The van der Waals surface area contributed by atoms with Crippen LogP contribution in [0.3, 0.4) is 0 Å². The molecule has 0 saturated carbocycles. The Balaban J connectivity index is 2.23. The molecule has 2 heterocycles. The average Bonchev–Trinajstić information content (AvgIpc) is 2.88. The molecule has 3 N–H and O–H groups in total. The predicted octanol–water partition coefficient (Wildman–Crippen LogP) is 1.88. The first-order chi connectivity index (χ1) is 6.81. The zero-order chi connectivity index (χ0) is 9.97. The first kappa shape index (κ1) is 9.45. The lowest BCUT2D eigenvalue weighted by Crippen LogP contribution is -2.08. The molecule has 0 fully saturated rings. The van der Waals surface area contributed by atoms with Gasteiger partial charge in [-0.2, -0.15) is 0 Å². The number of hydrogen-bond acceptors (Lipinski definition) is 4. The van der Waals surface area contributed by atoms with Crippen LogP contribution in [-0.2, 0) is 6.61 Å². The molecule has 14 heavy (non-hydrogen) atoms. The van der Waals surface area contributed by atoms with E-state index in [2.05, 4.69) is 0 Å². The summed E-state index contributed by atoms with van der Waals surface area (Å²) >= 11 is 1.60. The second-order valence-corrected chi connectivity index (χ2v) is 3.93. The van der Waals surface area contributed by atoms with E-state index in [1.54, 1.807) is 23.5 Å². The molecule has 0 aromatic carbocycles. The number of aliphatic hydroxyl groups is 1. The summed E-state index contributed by atoms with van der Waals surface area (Å²) in [5, 5.41) is 10.8. The van der Waals surface area contributed by atoms with Crippen molar-refractivity contribution in [3.8, 4) is 0 Å². The van der Waals surface area contributed by atoms with Crippen LogP contribution in [-0.4, -0.2) is 5.11 Å². The summed E-state index contributed by atoms with van der Waals surface area (Å²) < 4.78 is 5.35. The Bertz CT molecular complexity index is 394. The van der Waals surface area contributed by atoms with Crippen LogP contribution in [0.15, 0.2) is 34.1 Å². The van der Waals surface area contributed by atoms with Crippen molar-refractivity contribution in [1.29, 1.82) is 0 Å². The second kappa shape index (κ2) is 3.96. The highest BCUT2D eigenvalue weighted by atomic mass is 32.1. The third-order valence-corrected chi connectivity index (χ3v) is 2.95. The fraction of sp³-hybridized carbons (Fsp3) is 0.200. The maximum absolute atomic E-state index is 8.83. The fourth-order valence-corrected chi connectivity index (χ4v) is 1.99. The molecule has 0 unspecified atom stereocenters. The summed E-state index contributed by atoms with van der Waals surface area (Å²) in [6, 6.07) is 7.24. The molecule has 0 amide bonds. The van der Waals surface area contributed by atoms with E-state index in [9.17, 15) is 0 Å². The highest BCUT2D eigenvalue weighted by molar-refractivity contribution is 7.10. The van der Waals surface area contributed by atoms with Crippen LogP contribution in [0, 0.1) is 0 Å². The van der Waals surface area contributed by atoms with Crippen molar-refractivity contribution in [2.45, 2.75) is 12.6 Å². The van der Waals surface area contributed by atoms with E-state index in [1.807, 2.05) is 17.5 Å². The van der Waals surface area contributed by atoms with Gasteiger partial charge in [0.25, 0.3) is 0 Å². The lowest BCUT2D eigenvalue weighted by atomic mass is 10.2. The molecule has 0 saturated heterocycles. The molecule has 0 aliphatic carbocycles. The van der Waals surface area contributed by atoms with Gasteiger partial charge in [-0.1, -0.05) is 6.07 Å². The lowest BCUT2D eigenvalue weighted by Gasteiger charge is -2.04. The third kappa shape index (κ3) is 1.72. The number of thiophene rings is 1. The quantitative estimate of drug-likeness (QED) is 0.811. The van der Waals surface area contributed by atoms with Crippen LogP contribution in [0.1, 0.15) is 22.4 Å². The van der Waals surface area contributed by atoms with Gasteiger partial charge in [-0.3, -0.25) is 0 Å². The van der Waals surface area contributed by atoms with Gasteiger partial charge in [0.15, 0.2) is 0 Å². The van der Waals surface area contributed by atoms with Gasteiger partial charge >= 0.3 is 0 Å². The van der Waals surface area contributed by atoms with Crippen molar-refractivity contribution in [2.75, 3.05) is 0 Å². The molecule has 0 aliphatic heterocycles. The van der Waals surface area contributed by atoms with E-state index in [0.29, 0.717) is 11.5 Å². The predicted molar refractivity (Wildman–Crippen MR) is 55.0 cm³/mol. The van der Waals surface area contributed by atoms with E-state index in [1.165, 1.54) is 0 Å². The molecule has 0 aliphatic rings. The molecule has 0 bridgehead atoms. The topological polar surface area (TPSA) is 59.4 Å². The van der Waals surface area contributed by atoms with Gasteiger partial charge in [-0.15, -0.1) is 11.3 Å². The monoisotopic (exact) mass is 209 g/mol. The van der Waals surface area contributed by atoms with Crippen molar-refractivity contribution >= 4 is 11.3 Å². The van der Waals surface area contributed by atoms with Gasteiger partial charge in [-0.05, 0) is 23.6 Å². The van der Waals surface area contributed by atoms with Gasteiger partial charge in [0, 0.05) is 4.88 Å². The number of aliphatic hydroxyl groups excluding tert-OH is 1. The number of hydrogen-bond donors (Lipinski definition) is 2. The Morgan fingerprint density at radius 1 is 1.43 bits per heavy atom. The Kier molecular flexibility index (Phi) is 2.67.